The molecule has 1 aromatic rings. The first kappa shape index (κ1) is 14.0. The van der Waals surface area contributed by atoms with Gasteiger partial charge in [-0.05, 0) is 38.1 Å². The van der Waals surface area contributed by atoms with Crippen molar-refractivity contribution in [1.82, 2.24) is 15.5 Å². The Bertz CT molecular complexity index is 535. The van der Waals surface area contributed by atoms with Crippen molar-refractivity contribution < 1.29 is 12.9 Å². The molecule has 0 radical (unpaired) electrons. The largest absolute Gasteiger partial charge is 0.339 e. The summed E-state index contributed by atoms with van der Waals surface area (Å²) in [5.41, 5.74) is 0. The van der Waals surface area contributed by atoms with Crippen LogP contribution in [0.25, 0.3) is 0 Å². The van der Waals surface area contributed by atoms with Gasteiger partial charge in [-0.1, -0.05) is 11.6 Å². The van der Waals surface area contributed by atoms with E-state index in [1.54, 1.807) is 0 Å². The lowest BCUT2D eigenvalue weighted by atomic mass is 9.99. The SMILES string of the molecule is O=S1(=O)CCC(Cc2nc(C3CCCCN3)no2)CC1. The van der Waals surface area contributed by atoms with Gasteiger partial charge in [-0.25, -0.2) is 8.42 Å². The topological polar surface area (TPSA) is 85.1 Å². The van der Waals surface area contributed by atoms with E-state index in [0.717, 1.165) is 18.8 Å². The highest BCUT2D eigenvalue weighted by molar-refractivity contribution is 7.91. The molecule has 1 N–H and O–H groups in total. The highest BCUT2D eigenvalue weighted by Gasteiger charge is 2.26. The van der Waals surface area contributed by atoms with Gasteiger partial charge in [0, 0.05) is 6.42 Å². The van der Waals surface area contributed by atoms with Crippen LogP contribution < -0.4 is 5.32 Å². The molecule has 1 aromatic heterocycles. The maximum Gasteiger partial charge on any atom is 0.226 e. The van der Waals surface area contributed by atoms with Crippen molar-refractivity contribution in [2.45, 2.75) is 44.6 Å². The lowest BCUT2D eigenvalue weighted by Crippen LogP contribution is -2.27. The van der Waals surface area contributed by atoms with Gasteiger partial charge in [0.05, 0.1) is 17.5 Å². The Morgan fingerprint density at radius 1 is 1.20 bits per heavy atom. The monoisotopic (exact) mass is 299 g/mol. The molecule has 1 unspecified atom stereocenters. The molecule has 0 amide bonds. The fraction of sp³-hybridized carbons (Fsp3) is 0.846. The van der Waals surface area contributed by atoms with E-state index in [9.17, 15) is 8.42 Å². The average molecular weight is 299 g/mol. The maximum atomic E-state index is 11.4. The molecule has 2 aliphatic heterocycles. The first-order chi connectivity index (χ1) is 9.62. The zero-order chi connectivity index (χ0) is 14.0. The Kier molecular flexibility index (Phi) is 4.07. The van der Waals surface area contributed by atoms with Gasteiger partial charge in [-0.15, -0.1) is 0 Å². The average Bonchev–Trinajstić information content (AvgIpc) is 2.91. The lowest BCUT2D eigenvalue weighted by molar-refractivity contribution is 0.329. The van der Waals surface area contributed by atoms with Gasteiger partial charge in [0.2, 0.25) is 5.89 Å². The molecule has 2 fully saturated rings. The van der Waals surface area contributed by atoms with Gasteiger partial charge >= 0.3 is 0 Å². The van der Waals surface area contributed by atoms with Crippen LogP contribution in [0.3, 0.4) is 0 Å². The molecule has 6 nitrogen and oxygen atoms in total. The molecular weight excluding hydrogens is 278 g/mol. The molecule has 1 atom stereocenters. The van der Waals surface area contributed by atoms with E-state index < -0.39 is 9.84 Å². The van der Waals surface area contributed by atoms with Crippen molar-refractivity contribution in [2.24, 2.45) is 5.92 Å². The number of aromatic nitrogens is 2. The van der Waals surface area contributed by atoms with Gasteiger partial charge in [-0.3, -0.25) is 0 Å². The Labute approximate surface area is 119 Å². The minimum Gasteiger partial charge on any atom is -0.339 e. The molecule has 20 heavy (non-hydrogen) atoms. The zero-order valence-corrected chi connectivity index (χ0v) is 12.4. The predicted molar refractivity (Wildman–Crippen MR) is 74.0 cm³/mol. The molecule has 0 saturated carbocycles. The molecule has 0 spiro atoms. The first-order valence-electron chi connectivity index (χ1n) is 7.39. The van der Waals surface area contributed by atoms with E-state index in [2.05, 4.69) is 15.5 Å². The molecule has 0 aliphatic carbocycles. The summed E-state index contributed by atoms with van der Waals surface area (Å²) in [7, 11) is -2.80. The van der Waals surface area contributed by atoms with E-state index in [1.165, 1.54) is 12.8 Å². The predicted octanol–water partition coefficient (Wildman–Crippen LogP) is 1.25. The van der Waals surface area contributed by atoms with Crippen molar-refractivity contribution in [3.05, 3.63) is 11.7 Å². The van der Waals surface area contributed by atoms with Crippen LogP contribution in [0.1, 0.15) is 49.9 Å². The second-order valence-corrected chi connectivity index (χ2v) is 8.15. The normalized spacial score (nSPS) is 27.5. The second-order valence-electron chi connectivity index (χ2n) is 5.85. The van der Waals surface area contributed by atoms with Crippen LogP contribution in [0.5, 0.6) is 0 Å². The number of hydrogen-bond donors (Lipinski definition) is 1. The van der Waals surface area contributed by atoms with Crippen LogP contribution in [0.2, 0.25) is 0 Å². The molecule has 0 aromatic carbocycles. The van der Waals surface area contributed by atoms with Crippen LogP contribution in [0, 0.1) is 5.92 Å². The van der Waals surface area contributed by atoms with E-state index in [4.69, 9.17) is 4.52 Å². The molecule has 0 bridgehead atoms. The maximum absolute atomic E-state index is 11.4. The van der Waals surface area contributed by atoms with E-state index in [1.807, 2.05) is 0 Å². The van der Waals surface area contributed by atoms with E-state index in [0.29, 0.717) is 42.6 Å². The number of rotatable bonds is 3. The summed E-state index contributed by atoms with van der Waals surface area (Å²) < 4.78 is 28.1. The fourth-order valence-electron chi connectivity index (χ4n) is 2.95. The number of piperidine rings is 1. The van der Waals surface area contributed by atoms with Gasteiger partial charge in [0.25, 0.3) is 0 Å². The number of nitrogens with one attached hydrogen (secondary N) is 1. The molecule has 3 heterocycles. The second kappa shape index (κ2) is 5.81. The summed E-state index contributed by atoms with van der Waals surface area (Å²) in [4.78, 5) is 4.47. The van der Waals surface area contributed by atoms with Crippen molar-refractivity contribution >= 4 is 9.84 Å². The Hall–Kier alpha value is -0.950. The number of nitrogens with zero attached hydrogens (tertiary/aromatic N) is 2. The van der Waals surface area contributed by atoms with Crippen LogP contribution in [-0.4, -0.2) is 36.6 Å². The minimum atomic E-state index is -2.80. The zero-order valence-electron chi connectivity index (χ0n) is 11.5. The molecule has 112 valence electrons. The Morgan fingerprint density at radius 2 is 2.00 bits per heavy atom. The first-order valence-corrected chi connectivity index (χ1v) is 9.21. The summed E-state index contributed by atoms with van der Waals surface area (Å²) in [5, 5.41) is 7.47. The molecule has 7 heteroatoms. The Balaban J connectivity index is 1.57. The van der Waals surface area contributed by atoms with Crippen molar-refractivity contribution in [1.29, 1.82) is 0 Å². The van der Waals surface area contributed by atoms with Gasteiger partial charge in [-0.2, -0.15) is 4.98 Å². The fourth-order valence-corrected chi connectivity index (χ4v) is 4.54. The van der Waals surface area contributed by atoms with Crippen LogP contribution in [0.4, 0.5) is 0 Å². The molecule has 3 rings (SSSR count). The van der Waals surface area contributed by atoms with Gasteiger partial charge < -0.3 is 9.84 Å². The van der Waals surface area contributed by atoms with Gasteiger partial charge in [0.15, 0.2) is 5.82 Å². The lowest BCUT2D eigenvalue weighted by Gasteiger charge is -2.20. The summed E-state index contributed by atoms with van der Waals surface area (Å²) in [6, 6.07) is 0.216. The highest BCUT2D eigenvalue weighted by atomic mass is 32.2. The third-order valence-electron chi connectivity index (χ3n) is 4.24. The van der Waals surface area contributed by atoms with Crippen molar-refractivity contribution in [3.8, 4) is 0 Å². The quantitative estimate of drug-likeness (QED) is 0.904. The summed E-state index contributed by atoms with van der Waals surface area (Å²) in [6.45, 7) is 1.01. The van der Waals surface area contributed by atoms with Crippen molar-refractivity contribution in [2.75, 3.05) is 18.1 Å². The minimum absolute atomic E-state index is 0.216. The standard InChI is InChI=1S/C13H21N3O3S/c17-20(18)7-4-10(5-8-20)9-12-15-13(16-19-12)11-3-1-2-6-14-11/h10-11,14H,1-9H2. The van der Waals surface area contributed by atoms with E-state index in [-0.39, 0.29) is 6.04 Å². The number of sulfone groups is 1. The third-order valence-corrected chi connectivity index (χ3v) is 5.96. The highest BCUT2D eigenvalue weighted by Crippen LogP contribution is 2.24. The van der Waals surface area contributed by atoms with Gasteiger partial charge in [0.1, 0.15) is 9.84 Å². The molecule has 2 saturated heterocycles. The van der Waals surface area contributed by atoms with Crippen LogP contribution in [0.15, 0.2) is 4.52 Å². The van der Waals surface area contributed by atoms with Crippen LogP contribution in [-0.2, 0) is 16.3 Å². The summed E-state index contributed by atoms with van der Waals surface area (Å²) in [6.07, 6.45) is 5.58. The number of hydrogen-bond acceptors (Lipinski definition) is 6. The molecular formula is C13H21N3O3S. The summed E-state index contributed by atoms with van der Waals surface area (Å²) in [5.74, 6) is 2.34. The van der Waals surface area contributed by atoms with Crippen molar-refractivity contribution in [3.63, 3.8) is 0 Å². The smallest absolute Gasteiger partial charge is 0.226 e. The Morgan fingerprint density at radius 3 is 2.70 bits per heavy atom. The van der Waals surface area contributed by atoms with E-state index >= 15 is 0 Å². The third kappa shape index (κ3) is 3.38. The summed E-state index contributed by atoms with van der Waals surface area (Å²) >= 11 is 0. The molecule has 2 aliphatic rings. The van der Waals surface area contributed by atoms with Crippen LogP contribution >= 0.6 is 0 Å².